The number of hydrazine groups is 1. The number of hydrogen-bond acceptors (Lipinski definition) is 5. The Labute approximate surface area is 115 Å². The van der Waals surface area contributed by atoms with E-state index in [9.17, 15) is 4.79 Å². The first-order chi connectivity index (χ1) is 9.08. The van der Waals surface area contributed by atoms with Crippen LogP contribution < -0.4 is 16.6 Å². The van der Waals surface area contributed by atoms with Crippen LogP contribution in [0.25, 0.3) is 0 Å². The van der Waals surface area contributed by atoms with Crippen LogP contribution in [0.5, 0.6) is 0 Å². The number of hydrogen-bond donors (Lipinski definition) is 3. The third-order valence-corrected chi connectivity index (χ3v) is 3.50. The number of thiazole rings is 1. The van der Waals surface area contributed by atoms with Gasteiger partial charge in [0.15, 0.2) is 5.13 Å². The van der Waals surface area contributed by atoms with Gasteiger partial charge >= 0.3 is 0 Å². The molecule has 0 aliphatic carbocycles. The van der Waals surface area contributed by atoms with Crippen molar-refractivity contribution in [3.05, 3.63) is 40.4 Å². The summed E-state index contributed by atoms with van der Waals surface area (Å²) in [6, 6.07) is 6.20. The molecule has 1 heterocycles. The summed E-state index contributed by atoms with van der Waals surface area (Å²) in [6.45, 7) is 4.08. The van der Waals surface area contributed by atoms with Crippen LogP contribution in [0.3, 0.4) is 0 Å². The molecule has 19 heavy (non-hydrogen) atoms. The van der Waals surface area contributed by atoms with Gasteiger partial charge in [-0.2, -0.15) is 0 Å². The van der Waals surface area contributed by atoms with Gasteiger partial charge in [-0.05, 0) is 31.0 Å². The molecule has 2 rings (SSSR count). The van der Waals surface area contributed by atoms with E-state index in [-0.39, 0.29) is 12.3 Å². The van der Waals surface area contributed by atoms with Gasteiger partial charge in [0.05, 0.1) is 12.1 Å². The third kappa shape index (κ3) is 3.52. The van der Waals surface area contributed by atoms with Crippen LogP contribution in [0.15, 0.2) is 23.6 Å². The number of carbonyl (C=O) groups is 1. The van der Waals surface area contributed by atoms with E-state index in [0.717, 1.165) is 16.4 Å². The van der Waals surface area contributed by atoms with Crippen molar-refractivity contribution in [2.24, 2.45) is 5.84 Å². The Balaban J connectivity index is 2.11. The summed E-state index contributed by atoms with van der Waals surface area (Å²) in [4.78, 5) is 15.5. The molecule has 0 unspecified atom stereocenters. The lowest BCUT2D eigenvalue weighted by atomic mass is 10.1. The van der Waals surface area contributed by atoms with Crippen LogP contribution in [-0.4, -0.2) is 10.9 Å². The summed E-state index contributed by atoms with van der Waals surface area (Å²) < 4.78 is 0. The highest BCUT2D eigenvalue weighted by molar-refractivity contribution is 7.13. The molecule has 0 saturated heterocycles. The molecule has 0 aliphatic heterocycles. The minimum atomic E-state index is -0.247. The molecular weight excluding hydrogens is 260 g/mol. The van der Waals surface area contributed by atoms with Gasteiger partial charge in [0.1, 0.15) is 0 Å². The Kier molecular flexibility index (Phi) is 4.13. The first kappa shape index (κ1) is 13.5. The number of benzene rings is 1. The number of nitrogens with two attached hydrogens (primary N) is 1. The normalized spacial score (nSPS) is 10.3. The zero-order chi connectivity index (χ0) is 13.8. The van der Waals surface area contributed by atoms with E-state index in [2.05, 4.69) is 33.9 Å². The van der Waals surface area contributed by atoms with Crippen molar-refractivity contribution >= 4 is 28.1 Å². The molecule has 0 saturated carbocycles. The molecule has 6 heteroatoms. The quantitative estimate of drug-likeness (QED) is 0.453. The molecule has 0 spiro atoms. The Morgan fingerprint density at radius 1 is 1.42 bits per heavy atom. The van der Waals surface area contributed by atoms with Gasteiger partial charge in [-0.3, -0.25) is 10.2 Å². The highest BCUT2D eigenvalue weighted by atomic mass is 32.1. The second-order valence-corrected chi connectivity index (χ2v) is 5.19. The molecule has 1 aromatic heterocycles. The Morgan fingerprint density at radius 3 is 2.95 bits per heavy atom. The smallest absolute Gasteiger partial charge is 0.239 e. The highest BCUT2D eigenvalue weighted by Crippen LogP contribution is 2.24. The SMILES string of the molecule is Cc1ccc(C)c(Nc2nc(CC(=O)NN)cs2)c1. The number of nitrogens with zero attached hydrogens (tertiary/aromatic N) is 1. The lowest BCUT2D eigenvalue weighted by Crippen LogP contribution is -2.31. The molecule has 0 aliphatic rings. The van der Waals surface area contributed by atoms with E-state index in [0.29, 0.717) is 5.69 Å². The predicted molar refractivity (Wildman–Crippen MR) is 77.3 cm³/mol. The molecule has 0 radical (unpaired) electrons. The zero-order valence-electron chi connectivity index (χ0n) is 10.9. The number of nitrogens with one attached hydrogen (secondary N) is 2. The van der Waals surface area contributed by atoms with Crippen molar-refractivity contribution in [3.63, 3.8) is 0 Å². The van der Waals surface area contributed by atoms with Gasteiger partial charge in [-0.1, -0.05) is 12.1 Å². The van der Waals surface area contributed by atoms with Crippen LogP contribution >= 0.6 is 11.3 Å². The van der Waals surface area contributed by atoms with Crippen LogP contribution in [0.4, 0.5) is 10.8 Å². The molecule has 100 valence electrons. The lowest BCUT2D eigenvalue weighted by molar-refractivity contribution is -0.120. The van der Waals surface area contributed by atoms with Crippen LogP contribution in [0.2, 0.25) is 0 Å². The van der Waals surface area contributed by atoms with E-state index in [4.69, 9.17) is 5.84 Å². The molecule has 4 N–H and O–H groups in total. The van der Waals surface area contributed by atoms with Crippen molar-refractivity contribution in [3.8, 4) is 0 Å². The molecule has 0 fully saturated rings. The summed E-state index contributed by atoms with van der Waals surface area (Å²) in [5.41, 5.74) is 6.18. The maximum Gasteiger partial charge on any atom is 0.239 e. The van der Waals surface area contributed by atoms with Crippen LogP contribution in [-0.2, 0) is 11.2 Å². The number of carbonyl (C=O) groups excluding carboxylic acids is 1. The molecule has 0 atom stereocenters. The first-order valence-corrected chi connectivity index (χ1v) is 6.74. The van der Waals surface area contributed by atoms with Gasteiger partial charge < -0.3 is 5.32 Å². The number of aromatic nitrogens is 1. The minimum Gasteiger partial charge on any atom is -0.331 e. The predicted octanol–water partition coefficient (Wildman–Crippen LogP) is 2.04. The van der Waals surface area contributed by atoms with Crippen molar-refractivity contribution in [2.45, 2.75) is 20.3 Å². The molecule has 2 aromatic rings. The zero-order valence-corrected chi connectivity index (χ0v) is 11.7. The monoisotopic (exact) mass is 276 g/mol. The fourth-order valence-corrected chi connectivity index (χ4v) is 2.37. The summed E-state index contributed by atoms with van der Waals surface area (Å²) >= 11 is 1.47. The largest absolute Gasteiger partial charge is 0.331 e. The number of amides is 1. The molecular formula is C13H16N4OS. The van der Waals surface area contributed by atoms with Gasteiger partial charge in [0.25, 0.3) is 0 Å². The van der Waals surface area contributed by atoms with Crippen LogP contribution in [0.1, 0.15) is 16.8 Å². The van der Waals surface area contributed by atoms with Gasteiger partial charge in [0.2, 0.25) is 5.91 Å². The van der Waals surface area contributed by atoms with Crippen molar-refractivity contribution in [1.82, 2.24) is 10.4 Å². The van der Waals surface area contributed by atoms with Crippen molar-refractivity contribution in [1.29, 1.82) is 0 Å². The Hall–Kier alpha value is -1.92. The molecule has 1 amide bonds. The van der Waals surface area contributed by atoms with Crippen molar-refractivity contribution < 1.29 is 4.79 Å². The summed E-state index contributed by atoms with van der Waals surface area (Å²) in [7, 11) is 0. The number of anilines is 2. The summed E-state index contributed by atoms with van der Waals surface area (Å²) in [5.74, 6) is 4.80. The van der Waals surface area contributed by atoms with Gasteiger partial charge in [0, 0.05) is 11.1 Å². The van der Waals surface area contributed by atoms with E-state index in [1.54, 1.807) is 0 Å². The molecule has 1 aromatic carbocycles. The fraction of sp³-hybridized carbons (Fsp3) is 0.231. The fourth-order valence-electron chi connectivity index (χ4n) is 1.65. The maximum atomic E-state index is 11.2. The average molecular weight is 276 g/mol. The van der Waals surface area contributed by atoms with E-state index >= 15 is 0 Å². The van der Waals surface area contributed by atoms with E-state index in [1.807, 2.05) is 19.2 Å². The standard InChI is InChI=1S/C13H16N4OS/c1-8-3-4-9(2)11(5-8)16-13-15-10(7-19-13)6-12(18)17-14/h3-5,7H,6,14H2,1-2H3,(H,15,16)(H,17,18). The van der Waals surface area contributed by atoms with E-state index in [1.165, 1.54) is 16.9 Å². The minimum absolute atomic E-state index is 0.196. The van der Waals surface area contributed by atoms with Crippen molar-refractivity contribution in [2.75, 3.05) is 5.32 Å². The maximum absolute atomic E-state index is 11.2. The first-order valence-electron chi connectivity index (χ1n) is 5.86. The second kappa shape index (κ2) is 5.81. The lowest BCUT2D eigenvalue weighted by Gasteiger charge is -2.07. The molecule has 5 nitrogen and oxygen atoms in total. The topological polar surface area (TPSA) is 80.0 Å². The van der Waals surface area contributed by atoms with E-state index < -0.39 is 0 Å². The summed E-state index contributed by atoms with van der Waals surface area (Å²) in [6.07, 6.45) is 0.196. The number of aryl methyl sites for hydroxylation is 2. The van der Waals surface area contributed by atoms with Gasteiger partial charge in [-0.25, -0.2) is 10.8 Å². The number of rotatable bonds is 4. The highest BCUT2D eigenvalue weighted by Gasteiger charge is 2.07. The summed E-state index contributed by atoms with van der Waals surface area (Å²) in [5, 5.41) is 5.89. The van der Waals surface area contributed by atoms with Crippen LogP contribution in [0, 0.1) is 13.8 Å². The average Bonchev–Trinajstić information content (AvgIpc) is 2.81. The Morgan fingerprint density at radius 2 is 2.21 bits per heavy atom. The molecule has 0 bridgehead atoms. The third-order valence-electron chi connectivity index (χ3n) is 2.69. The second-order valence-electron chi connectivity index (χ2n) is 4.33. The Bertz CT molecular complexity index is 594. The van der Waals surface area contributed by atoms with Gasteiger partial charge in [-0.15, -0.1) is 11.3 Å².